The minimum absolute atomic E-state index is 0.0940. The maximum atomic E-state index is 8.72. The van der Waals surface area contributed by atoms with Crippen LogP contribution in [0.5, 0.6) is 11.5 Å². The van der Waals surface area contributed by atoms with Gasteiger partial charge in [0.2, 0.25) is 0 Å². The number of anilines is 1. The first-order valence-electron chi connectivity index (χ1n) is 5.72. The van der Waals surface area contributed by atoms with E-state index in [-0.39, 0.29) is 11.9 Å². The van der Waals surface area contributed by atoms with Crippen molar-refractivity contribution in [3.63, 3.8) is 0 Å². The van der Waals surface area contributed by atoms with Crippen molar-refractivity contribution >= 4 is 23.1 Å². The topological polar surface area (TPSA) is 89.1 Å². The van der Waals surface area contributed by atoms with Gasteiger partial charge in [-0.3, -0.25) is 0 Å². The molecule has 1 unspecified atom stereocenters. The third-order valence-electron chi connectivity index (χ3n) is 2.68. The van der Waals surface area contributed by atoms with Crippen LogP contribution in [0.2, 0.25) is 5.02 Å². The molecule has 0 saturated heterocycles. The van der Waals surface area contributed by atoms with Gasteiger partial charge in [0.1, 0.15) is 11.5 Å². The van der Waals surface area contributed by atoms with Crippen LogP contribution >= 0.6 is 11.6 Å². The fourth-order valence-corrected chi connectivity index (χ4v) is 1.86. The lowest BCUT2D eigenvalue weighted by Gasteiger charge is -2.19. The summed E-state index contributed by atoms with van der Waals surface area (Å²) in [5.74, 6) is 1.17. The molecule has 1 aromatic rings. The van der Waals surface area contributed by atoms with Gasteiger partial charge < -0.3 is 25.7 Å². The van der Waals surface area contributed by atoms with Gasteiger partial charge in [-0.2, -0.15) is 0 Å². The first-order chi connectivity index (χ1) is 9.07. The van der Waals surface area contributed by atoms with E-state index in [9.17, 15) is 0 Å². The number of ether oxygens (including phenoxy) is 2. The van der Waals surface area contributed by atoms with Crippen LogP contribution in [0.1, 0.15) is 13.3 Å². The van der Waals surface area contributed by atoms with Gasteiger partial charge in [0, 0.05) is 6.07 Å². The van der Waals surface area contributed by atoms with Crippen LogP contribution < -0.4 is 20.5 Å². The maximum absolute atomic E-state index is 8.72. The SMILES string of the molecule is CCC(Nc1cc(Cl)c(OC)cc1OC)C(N)=NO. The summed E-state index contributed by atoms with van der Waals surface area (Å²) in [5.41, 5.74) is 6.25. The highest BCUT2D eigenvalue weighted by atomic mass is 35.5. The van der Waals surface area contributed by atoms with Crippen molar-refractivity contribution in [1.29, 1.82) is 0 Å². The quantitative estimate of drug-likeness (QED) is 0.323. The van der Waals surface area contributed by atoms with Crippen LogP contribution in [0, 0.1) is 0 Å². The summed E-state index contributed by atoms with van der Waals surface area (Å²) >= 11 is 6.07. The Morgan fingerprint density at radius 3 is 2.53 bits per heavy atom. The van der Waals surface area contributed by atoms with Crippen LogP contribution in [0.3, 0.4) is 0 Å². The van der Waals surface area contributed by atoms with E-state index in [0.29, 0.717) is 28.6 Å². The number of methoxy groups -OCH3 is 2. The van der Waals surface area contributed by atoms with E-state index in [0.717, 1.165) is 0 Å². The highest BCUT2D eigenvalue weighted by molar-refractivity contribution is 6.32. The Hall–Kier alpha value is -1.82. The third-order valence-corrected chi connectivity index (χ3v) is 2.98. The zero-order valence-electron chi connectivity index (χ0n) is 11.1. The summed E-state index contributed by atoms with van der Waals surface area (Å²) < 4.78 is 10.4. The summed E-state index contributed by atoms with van der Waals surface area (Å²) in [6.07, 6.45) is 0.642. The fraction of sp³-hybridized carbons (Fsp3) is 0.417. The molecule has 0 bridgehead atoms. The Balaban J connectivity index is 3.09. The van der Waals surface area contributed by atoms with E-state index >= 15 is 0 Å². The van der Waals surface area contributed by atoms with Crippen LogP contribution in [-0.4, -0.2) is 31.3 Å². The minimum Gasteiger partial charge on any atom is -0.495 e. The van der Waals surface area contributed by atoms with Crippen LogP contribution in [0.4, 0.5) is 5.69 Å². The zero-order valence-corrected chi connectivity index (χ0v) is 11.9. The molecule has 0 spiro atoms. The van der Waals surface area contributed by atoms with E-state index in [1.54, 1.807) is 12.1 Å². The van der Waals surface area contributed by atoms with Gasteiger partial charge in [-0.15, -0.1) is 0 Å². The highest BCUT2D eigenvalue weighted by Crippen LogP contribution is 2.36. The first-order valence-corrected chi connectivity index (χ1v) is 6.10. The Morgan fingerprint density at radius 1 is 1.42 bits per heavy atom. The number of hydrogen-bond donors (Lipinski definition) is 3. The number of halogens is 1. The summed E-state index contributed by atoms with van der Waals surface area (Å²) in [5, 5.41) is 15.3. The van der Waals surface area contributed by atoms with Crippen LogP contribution in [0.15, 0.2) is 17.3 Å². The van der Waals surface area contributed by atoms with Gasteiger partial charge in [0.15, 0.2) is 5.84 Å². The van der Waals surface area contributed by atoms with Crippen molar-refractivity contribution in [2.45, 2.75) is 19.4 Å². The molecule has 1 aromatic carbocycles. The number of rotatable bonds is 6. The molecule has 1 rings (SSSR count). The van der Waals surface area contributed by atoms with Crippen molar-refractivity contribution in [2.75, 3.05) is 19.5 Å². The van der Waals surface area contributed by atoms with Crippen molar-refractivity contribution in [2.24, 2.45) is 10.9 Å². The molecule has 0 aromatic heterocycles. The smallest absolute Gasteiger partial charge is 0.161 e. The Morgan fingerprint density at radius 2 is 2.05 bits per heavy atom. The second-order valence-corrected chi connectivity index (χ2v) is 4.22. The summed E-state index contributed by atoms with van der Waals surface area (Å²) in [6, 6.07) is 3.03. The van der Waals surface area contributed by atoms with Gasteiger partial charge in [-0.05, 0) is 12.5 Å². The minimum atomic E-state index is -0.316. The molecule has 0 saturated carbocycles. The lowest BCUT2D eigenvalue weighted by molar-refractivity contribution is 0.316. The number of benzene rings is 1. The standard InChI is InChI=1S/C12H18ClN3O3/c1-4-8(12(14)16-17)15-9-5-7(13)10(18-2)6-11(9)19-3/h5-6,8,15,17H,4H2,1-3H3,(H2,14,16). The molecule has 6 nitrogen and oxygen atoms in total. The zero-order chi connectivity index (χ0) is 14.4. The molecule has 0 radical (unpaired) electrons. The van der Waals surface area contributed by atoms with Crippen molar-refractivity contribution in [3.05, 3.63) is 17.2 Å². The molecule has 106 valence electrons. The normalized spacial score (nSPS) is 12.9. The molecule has 0 aliphatic heterocycles. The van der Waals surface area contributed by atoms with Gasteiger partial charge in [-0.1, -0.05) is 23.7 Å². The van der Waals surface area contributed by atoms with Crippen LogP contribution in [-0.2, 0) is 0 Å². The predicted molar refractivity (Wildman–Crippen MR) is 75.7 cm³/mol. The monoisotopic (exact) mass is 287 g/mol. The Labute approximate surface area is 117 Å². The molecule has 19 heavy (non-hydrogen) atoms. The largest absolute Gasteiger partial charge is 0.495 e. The van der Waals surface area contributed by atoms with Crippen LogP contribution in [0.25, 0.3) is 0 Å². The molecular weight excluding hydrogens is 270 g/mol. The van der Waals surface area contributed by atoms with Gasteiger partial charge in [0.25, 0.3) is 0 Å². The van der Waals surface area contributed by atoms with E-state index in [4.69, 9.17) is 32.0 Å². The van der Waals surface area contributed by atoms with Crippen molar-refractivity contribution in [1.82, 2.24) is 0 Å². The van der Waals surface area contributed by atoms with Gasteiger partial charge in [0.05, 0.1) is 31.0 Å². The maximum Gasteiger partial charge on any atom is 0.161 e. The predicted octanol–water partition coefficient (Wildman–Crippen LogP) is 2.29. The van der Waals surface area contributed by atoms with E-state index < -0.39 is 0 Å². The summed E-state index contributed by atoms with van der Waals surface area (Å²) in [4.78, 5) is 0. The number of hydrogen-bond acceptors (Lipinski definition) is 5. The molecule has 0 amide bonds. The molecule has 7 heteroatoms. The summed E-state index contributed by atoms with van der Waals surface area (Å²) in [6.45, 7) is 1.91. The summed E-state index contributed by atoms with van der Waals surface area (Å²) in [7, 11) is 3.07. The number of amidine groups is 1. The molecule has 1 atom stereocenters. The van der Waals surface area contributed by atoms with Gasteiger partial charge >= 0.3 is 0 Å². The second-order valence-electron chi connectivity index (χ2n) is 3.82. The Kier molecular flexibility index (Phi) is 5.57. The molecule has 0 fully saturated rings. The number of nitrogens with zero attached hydrogens (tertiary/aromatic N) is 1. The molecule has 4 N–H and O–H groups in total. The number of oxime groups is 1. The van der Waals surface area contributed by atoms with E-state index in [1.165, 1.54) is 14.2 Å². The molecule has 0 aliphatic carbocycles. The first kappa shape index (κ1) is 15.2. The average Bonchev–Trinajstić information content (AvgIpc) is 2.44. The van der Waals surface area contributed by atoms with E-state index in [2.05, 4.69) is 10.5 Å². The van der Waals surface area contributed by atoms with Crippen molar-refractivity contribution in [3.8, 4) is 11.5 Å². The molecule has 0 heterocycles. The third kappa shape index (κ3) is 3.57. The van der Waals surface area contributed by atoms with Crippen molar-refractivity contribution < 1.29 is 14.7 Å². The lowest BCUT2D eigenvalue weighted by atomic mass is 10.2. The average molecular weight is 288 g/mol. The number of nitrogens with two attached hydrogens (primary N) is 1. The molecule has 0 aliphatic rings. The van der Waals surface area contributed by atoms with E-state index in [1.807, 2.05) is 6.92 Å². The highest BCUT2D eigenvalue weighted by Gasteiger charge is 2.16. The number of nitrogens with one attached hydrogen (secondary N) is 1. The van der Waals surface area contributed by atoms with Gasteiger partial charge in [-0.25, -0.2) is 0 Å². The lowest BCUT2D eigenvalue weighted by Crippen LogP contribution is -2.35. The Bertz CT molecular complexity index is 466. The fourth-order valence-electron chi connectivity index (χ4n) is 1.62. The molecular formula is C12H18ClN3O3. The second kappa shape index (κ2) is 6.94.